The van der Waals surface area contributed by atoms with E-state index in [-0.39, 0.29) is 12.6 Å². The molecule has 1 aromatic rings. The van der Waals surface area contributed by atoms with Crippen LogP contribution in [0.15, 0.2) is 43.0 Å². The second kappa shape index (κ2) is 8.08. The van der Waals surface area contributed by atoms with Gasteiger partial charge in [0.2, 0.25) is 6.41 Å². The highest BCUT2D eigenvalue weighted by molar-refractivity contribution is 5.81. The molecule has 4 heteroatoms. The van der Waals surface area contributed by atoms with Crippen LogP contribution < -0.4 is 0 Å². The minimum atomic E-state index is -0.641. The third kappa shape index (κ3) is 4.58. The highest BCUT2D eigenvalue weighted by Crippen LogP contribution is 2.09. The normalized spacial score (nSPS) is 11.4. The van der Waals surface area contributed by atoms with E-state index < -0.39 is 6.09 Å². The molecule has 4 nitrogen and oxygen atoms in total. The highest BCUT2D eigenvalue weighted by Gasteiger charge is 2.21. The van der Waals surface area contributed by atoms with E-state index in [0.29, 0.717) is 12.8 Å². The summed E-state index contributed by atoms with van der Waals surface area (Å²) in [6, 6.07) is 9.02. The molecule has 0 unspecified atom stereocenters. The molecule has 19 heavy (non-hydrogen) atoms. The van der Waals surface area contributed by atoms with Gasteiger partial charge in [-0.15, -0.1) is 6.58 Å². The molecule has 0 fully saturated rings. The molecule has 0 radical (unpaired) electrons. The van der Waals surface area contributed by atoms with Crippen LogP contribution in [-0.2, 0) is 16.1 Å². The van der Waals surface area contributed by atoms with Crippen molar-refractivity contribution in [1.82, 2.24) is 4.90 Å². The van der Waals surface area contributed by atoms with Crippen molar-refractivity contribution in [2.45, 2.75) is 32.4 Å². The van der Waals surface area contributed by atoms with Crippen molar-refractivity contribution in [1.29, 1.82) is 0 Å². The molecule has 2 amide bonds. The van der Waals surface area contributed by atoms with Crippen LogP contribution in [0, 0.1) is 0 Å². The van der Waals surface area contributed by atoms with Gasteiger partial charge in [0.1, 0.15) is 6.61 Å². The van der Waals surface area contributed by atoms with Gasteiger partial charge in [-0.05, 0) is 12.0 Å². The molecule has 0 N–H and O–H groups in total. The van der Waals surface area contributed by atoms with Gasteiger partial charge in [-0.2, -0.15) is 0 Å². The fourth-order valence-corrected chi connectivity index (χ4v) is 1.72. The van der Waals surface area contributed by atoms with E-state index in [1.165, 1.54) is 0 Å². The first-order valence-corrected chi connectivity index (χ1v) is 6.29. The Labute approximate surface area is 113 Å². The van der Waals surface area contributed by atoms with Gasteiger partial charge in [-0.25, -0.2) is 9.69 Å². The predicted octanol–water partition coefficient (Wildman–Crippen LogP) is 3.14. The summed E-state index contributed by atoms with van der Waals surface area (Å²) in [5.74, 6) is 0. The molecule has 0 aliphatic heterocycles. The molecular weight excluding hydrogens is 242 g/mol. The summed E-state index contributed by atoms with van der Waals surface area (Å²) >= 11 is 0. The number of carbonyl (C=O) groups excluding carboxylic acids is 2. The summed E-state index contributed by atoms with van der Waals surface area (Å²) in [7, 11) is 0. The van der Waals surface area contributed by atoms with Crippen molar-refractivity contribution in [3.8, 4) is 0 Å². The summed E-state index contributed by atoms with van der Waals surface area (Å²) in [6.07, 6.45) is 2.98. The van der Waals surface area contributed by atoms with Gasteiger partial charge in [-0.3, -0.25) is 4.79 Å². The average Bonchev–Trinajstić information content (AvgIpc) is 2.46. The lowest BCUT2D eigenvalue weighted by Gasteiger charge is -2.22. The number of hydrogen-bond donors (Lipinski definition) is 0. The molecule has 0 spiro atoms. The Morgan fingerprint density at radius 3 is 2.63 bits per heavy atom. The topological polar surface area (TPSA) is 46.6 Å². The Morgan fingerprint density at radius 2 is 2.11 bits per heavy atom. The van der Waals surface area contributed by atoms with E-state index in [1.54, 1.807) is 6.08 Å². The number of imide groups is 1. The van der Waals surface area contributed by atoms with Gasteiger partial charge in [-0.1, -0.05) is 49.8 Å². The summed E-state index contributed by atoms with van der Waals surface area (Å²) in [5.41, 5.74) is 0.882. The van der Waals surface area contributed by atoms with Crippen LogP contribution in [0.2, 0.25) is 0 Å². The summed E-state index contributed by atoms with van der Waals surface area (Å²) < 4.78 is 5.12. The minimum Gasteiger partial charge on any atom is -0.444 e. The van der Waals surface area contributed by atoms with Crippen molar-refractivity contribution in [3.05, 3.63) is 48.6 Å². The summed E-state index contributed by atoms with van der Waals surface area (Å²) in [4.78, 5) is 23.9. The Kier molecular flexibility index (Phi) is 6.36. The highest BCUT2D eigenvalue weighted by atomic mass is 16.6. The minimum absolute atomic E-state index is 0.153. The number of benzene rings is 1. The van der Waals surface area contributed by atoms with Crippen LogP contribution in [0.3, 0.4) is 0 Å². The van der Waals surface area contributed by atoms with Crippen molar-refractivity contribution in [3.63, 3.8) is 0 Å². The Hall–Kier alpha value is -2.10. The second-order valence-corrected chi connectivity index (χ2v) is 4.14. The molecule has 0 heterocycles. The third-order valence-corrected chi connectivity index (χ3v) is 2.74. The molecule has 1 rings (SSSR count). The second-order valence-electron chi connectivity index (χ2n) is 4.14. The maximum atomic E-state index is 11.8. The Bertz CT molecular complexity index is 417. The lowest BCUT2D eigenvalue weighted by Crippen LogP contribution is -2.38. The quantitative estimate of drug-likeness (QED) is 0.559. The van der Waals surface area contributed by atoms with Crippen molar-refractivity contribution < 1.29 is 14.3 Å². The zero-order chi connectivity index (χ0) is 14.1. The fourth-order valence-electron chi connectivity index (χ4n) is 1.72. The lowest BCUT2D eigenvalue weighted by atomic mass is 10.1. The van der Waals surface area contributed by atoms with Crippen LogP contribution in [0.4, 0.5) is 4.79 Å². The SMILES string of the molecule is C=C[C@H](CCC)N(C=O)C(=O)OCc1ccccc1. The fraction of sp³-hybridized carbons (Fsp3) is 0.333. The number of ether oxygens (including phenoxy) is 1. The molecule has 1 aromatic carbocycles. The Morgan fingerprint density at radius 1 is 1.42 bits per heavy atom. The Balaban J connectivity index is 2.58. The number of amides is 2. The summed E-state index contributed by atoms with van der Waals surface area (Å²) in [5, 5.41) is 0. The van der Waals surface area contributed by atoms with Crippen molar-refractivity contribution in [2.75, 3.05) is 0 Å². The number of nitrogens with zero attached hydrogens (tertiary/aromatic N) is 1. The molecular formula is C15H19NO3. The van der Waals surface area contributed by atoms with Crippen molar-refractivity contribution >= 4 is 12.5 Å². The van der Waals surface area contributed by atoms with Gasteiger partial charge < -0.3 is 4.74 Å². The zero-order valence-electron chi connectivity index (χ0n) is 11.1. The van der Waals surface area contributed by atoms with Crippen LogP contribution in [-0.4, -0.2) is 23.4 Å². The van der Waals surface area contributed by atoms with Crippen LogP contribution in [0.5, 0.6) is 0 Å². The first-order valence-electron chi connectivity index (χ1n) is 6.29. The van der Waals surface area contributed by atoms with E-state index in [1.807, 2.05) is 37.3 Å². The third-order valence-electron chi connectivity index (χ3n) is 2.74. The van der Waals surface area contributed by atoms with Gasteiger partial charge in [0, 0.05) is 0 Å². The largest absolute Gasteiger partial charge is 0.444 e. The molecule has 0 saturated carbocycles. The first-order chi connectivity index (χ1) is 9.22. The molecule has 0 aliphatic carbocycles. The number of carbonyl (C=O) groups is 2. The predicted molar refractivity (Wildman–Crippen MR) is 73.4 cm³/mol. The van der Waals surface area contributed by atoms with E-state index in [2.05, 4.69) is 6.58 Å². The number of rotatable bonds is 7. The van der Waals surface area contributed by atoms with Crippen LogP contribution >= 0.6 is 0 Å². The molecule has 102 valence electrons. The van der Waals surface area contributed by atoms with Gasteiger partial charge >= 0.3 is 6.09 Å². The van der Waals surface area contributed by atoms with E-state index in [9.17, 15) is 9.59 Å². The van der Waals surface area contributed by atoms with Crippen LogP contribution in [0.25, 0.3) is 0 Å². The number of hydrogen-bond acceptors (Lipinski definition) is 3. The maximum Gasteiger partial charge on any atom is 0.417 e. The smallest absolute Gasteiger partial charge is 0.417 e. The maximum absolute atomic E-state index is 11.8. The van der Waals surface area contributed by atoms with Gasteiger partial charge in [0.05, 0.1) is 6.04 Å². The lowest BCUT2D eigenvalue weighted by molar-refractivity contribution is -0.118. The van der Waals surface area contributed by atoms with Crippen molar-refractivity contribution in [2.24, 2.45) is 0 Å². The van der Waals surface area contributed by atoms with Crippen LogP contribution in [0.1, 0.15) is 25.3 Å². The summed E-state index contributed by atoms with van der Waals surface area (Å²) in [6.45, 7) is 5.77. The van der Waals surface area contributed by atoms with E-state index in [0.717, 1.165) is 16.9 Å². The molecule has 0 aliphatic rings. The monoisotopic (exact) mass is 261 g/mol. The molecule has 0 aromatic heterocycles. The van der Waals surface area contributed by atoms with Gasteiger partial charge in [0.25, 0.3) is 0 Å². The molecule has 1 atom stereocenters. The van der Waals surface area contributed by atoms with E-state index >= 15 is 0 Å². The average molecular weight is 261 g/mol. The standard InChI is InChI=1S/C15H19NO3/c1-3-8-14(4-2)16(12-17)15(18)19-11-13-9-6-5-7-10-13/h4-7,9-10,12,14H,2-3,8,11H2,1H3/t14-/m1/s1. The molecule has 0 saturated heterocycles. The van der Waals surface area contributed by atoms with Gasteiger partial charge in [0.15, 0.2) is 0 Å². The first kappa shape index (κ1) is 15.0. The zero-order valence-corrected chi connectivity index (χ0v) is 11.1. The van der Waals surface area contributed by atoms with E-state index in [4.69, 9.17) is 4.74 Å². The molecule has 0 bridgehead atoms.